The molecule has 0 saturated heterocycles. The van der Waals surface area contributed by atoms with Gasteiger partial charge in [-0.15, -0.1) is 0 Å². The molecule has 28 heavy (non-hydrogen) atoms. The lowest BCUT2D eigenvalue weighted by Gasteiger charge is -2.08. The molecule has 1 N–H and O–H groups in total. The van der Waals surface area contributed by atoms with Crippen LogP contribution >= 0.6 is 11.8 Å². The number of rotatable bonds is 5. The number of esters is 1. The minimum absolute atomic E-state index is 0.0848. The predicted molar refractivity (Wildman–Crippen MR) is 108 cm³/mol. The van der Waals surface area contributed by atoms with Crippen LogP contribution in [0.4, 0.5) is 5.69 Å². The first-order valence-corrected chi connectivity index (χ1v) is 9.41. The van der Waals surface area contributed by atoms with Crippen molar-refractivity contribution >= 4 is 40.2 Å². The summed E-state index contributed by atoms with van der Waals surface area (Å²) in [6.45, 7) is 1.98. The van der Waals surface area contributed by atoms with E-state index in [4.69, 9.17) is 0 Å². The van der Waals surface area contributed by atoms with Gasteiger partial charge in [0.2, 0.25) is 5.91 Å². The second-order valence-corrected chi connectivity index (χ2v) is 7.02. The van der Waals surface area contributed by atoms with Crippen LogP contribution in [0.2, 0.25) is 0 Å². The van der Waals surface area contributed by atoms with Crippen LogP contribution in [-0.4, -0.2) is 29.7 Å². The zero-order chi connectivity index (χ0) is 20.1. The van der Waals surface area contributed by atoms with Gasteiger partial charge in [-0.2, -0.15) is 5.26 Å². The summed E-state index contributed by atoms with van der Waals surface area (Å²) in [5.74, 6) is -0.650. The lowest BCUT2D eigenvalue weighted by atomic mass is 10.1. The number of amides is 1. The summed E-state index contributed by atoms with van der Waals surface area (Å²) < 4.78 is 4.67. The number of nitrogens with zero attached hydrogens (tertiary/aromatic N) is 2. The molecule has 3 rings (SSSR count). The molecular formula is C21H17N3O3S. The van der Waals surface area contributed by atoms with Crippen LogP contribution in [0, 0.1) is 18.3 Å². The normalized spacial score (nSPS) is 10.3. The Labute approximate surface area is 166 Å². The molecule has 3 aromatic rings. The number of thioether (sulfide) groups is 1. The van der Waals surface area contributed by atoms with E-state index in [1.165, 1.54) is 18.9 Å². The summed E-state index contributed by atoms with van der Waals surface area (Å²) in [5.41, 5.74) is 3.15. The highest BCUT2D eigenvalue weighted by molar-refractivity contribution is 8.00. The molecule has 0 unspecified atom stereocenters. The molecule has 0 atom stereocenters. The monoisotopic (exact) mass is 391 g/mol. The molecule has 1 amide bonds. The summed E-state index contributed by atoms with van der Waals surface area (Å²) in [6, 6.07) is 16.3. The van der Waals surface area contributed by atoms with E-state index in [0.29, 0.717) is 21.8 Å². The molecule has 0 aliphatic heterocycles. The SMILES string of the molecule is COC(=O)c1cccc(NC(=O)CSc2nc3ccc(C)cc3cc2C#N)c1. The average molecular weight is 391 g/mol. The second-order valence-electron chi connectivity index (χ2n) is 6.06. The smallest absolute Gasteiger partial charge is 0.337 e. The highest BCUT2D eigenvalue weighted by Gasteiger charge is 2.12. The Morgan fingerprint density at radius 2 is 2.04 bits per heavy atom. The average Bonchev–Trinajstić information content (AvgIpc) is 2.71. The predicted octanol–water partition coefficient (Wildman–Crippen LogP) is 3.93. The van der Waals surface area contributed by atoms with Gasteiger partial charge >= 0.3 is 5.97 Å². The van der Waals surface area contributed by atoms with E-state index in [1.54, 1.807) is 30.3 Å². The van der Waals surface area contributed by atoms with Crippen molar-refractivity contribution in [1.82, 2.24) is 4.98 Å². The number of hydrogen-bond acceptors (Lipinski definition) is 6. The maximum Gasteiger partial charge on any atom is 0.337 e. The zero-order valence-electron chi connectivity index (χ0n) is 15.4. The van der Waals surface area contributed by atoms with E-state index in [0.717, 1.165) is 16.5 Å². The number of anilines is 1. The molecule has 2 aromatic carbocycles. The highest BCUT2D eigenvalue weighted by atomic mass is 32.2. The van der Waals surface area contributed by atoms with Gasteiger partial charge in [-0.1, -0.05) is 29.5 Å². The van der Waals surface area contributed by atoms with Crippen molar-refractivity contribution in [3.8, 4) is 6.07 Å². The molecule has 0 bridgehead atoms. The van der Waals surface area contributed by atoms with Gasteiger partial charge in [0.25, 0.3) is 0 Å². The van der Waals surface area contributed by atoms with Gasteiger partial charge in [-0.05, 0) is 43.3 Å². The van der Waals surface area contributed by atoms with E-state index in [9.17, 15) is 14.9 Å². The number of benzene rings is 2. The van der Waals surface area contributed by atoms with Crippen molar-refractivity contribution < 1.29 is 14.3 Å². The van der Waals surface area contributed by atoms with E-state index < -0.39 is 5.97 Å². The van der Waals surface area contributed by atoms with Gasteiger partial charge in [-0.25, -0.2) is 9.78 Å². The fourth-order valence-corrected chi connectivity index (χ4v) is 3.40. The van der Waals surface area contributed by atoms with Crippen molar-refractivity contribution in [3.63, 3.8) is 0 Å². The molecule has 0 radical (unpaired) electrons. The van der Waals surface area contributed by atoms with Gasteiger partial charge < -0.3 is 10.1 Å². The van der Waals surface area contributed by atoms with Crippen LogP contribution in [0.25, 0.3) is 10.9 Å². The van der Waals surface area contributed by atoms with E-state index in [-0.39, 0.29) is 11.7 Å². The third-order valence-corrected chi connectivity index (χ3v) is 4.95. The van der Waals surface area contributed by atoms with E-state index in [2.05, 4.69) is 21.1 Å². The molecule has 0 aliphatic rings. The third-order valence-electron chi connectivity index (χ3n) is 3.96. The summed E-state index contributed by atoms with van der Waals surface area (Å²) in [6.07, 6.45) is 0. The fourth-order valence-electron chi connectivity index (χ4n) is 2.64. The number of aryl methyl sites for hydroxylation is 1. The maximum atomic E-state index is 12.3. The molecule has 6 nitrogen and oxygen atoms in total. The number of pyridine rings is 1. The summed E-state index contributed by atoms with van der Waals surface area (Å²) in [7, 11) is 1.30. The quantitative estimate of drug-likeness (QED) is 0.523. The minimum atomic E-state index is -0.472. The Kier molecular flexibility index (Phi) is 5.92. The molecule has 7 heteroatoms. The third kappa shape index (κ3) is 4.48. The highest BCUT2D eigenvalue weighted by Crippen LogP contribution is 2.25. The first-order chi connectivity index (χ1) is 13.5. The molecule has 0 aliphatic carbocycles. The number of aromatic nitrogens is 1. The standard InChI is InChI=1S/C21H17N3O3S/c1-13-6-7-18-15(8-13)9-16(11-22)20(24-18)28-12-19(25)23-17-5-3-4-14(10-17)21(26)27-2/h3-10H,12H2,1-2H3,(H,23,25). The van der Waals surface area contributed by atoms with Gasteiger partial charge in [-0.3, -0.25) is 4.79 Å². The molecule has 0 fully saturated rings. The Morgan fingerprint density at radius 3 is 2.79 bits per heavy atom. The van der Waals surface area contributed by atoms with Crippen LogP contribution in [0.15, 0.2) is 53.6 Å². The van der Waals surface area contributed by atoms with Crippen LogP contribution in [0.5, 0.6) is 0 Å². The number of nitrogens with one attached hydrogen (secondary N) is 1. The largest absolute Gasteiger partial charge is 0.465 e. The number of methoxy groups -OCH3 is 1. The summed E-state index contributed by atoms with van der Waals surface area (Å²) >= 11 is 1.20. The molecule has 1 heterocycles. The van der Waals surface area contributed by atoms with E-state index >= 15 is 0 Å². The molecular weight excluding hydrogens is 374 g/mol. The summed E-state index contributed by atoms with van der Waals surface area (Å²) in [4.78, 5) is 28.4. The second kappa shape index (κ2) is 8.55. The number of carbonyl (C=O) groups is 2. The van der Waals surface area contributed by atoms with Crippen molar-refractivity contribution in [2.75, 3.05) is 18.2 Å². The molecule has 1 aromatic heterocycles. The van der Waals surface area contributed by atoms with Crippen molar-refractivity contribution in [3.05, 3.63) is 65.2 Å². The van der Waals surface area contributed by atoms with Crippen molar-refractivity contribution in [2.45, 2.75) is 11.9 Å². The van der Waals surface area contributed by atoms with Crippen LogP contribution < -0.4 is 5.32 Å². The fraction of sp³-hybridized carbons (Fsp3) is 0.143. The maximum absolute atomic E-state index is 12.3. The van der Waals surface area contributed by atoms with Gasteiger partial charge in [0, 0.05) is 11.1 Å². The Hall–Kier alpha value is -3.37. The molecule has 0 spiro atoms. The number of nitriles is 1. The molecule has 0 saturated carbocycles. The Bertz CT molecular complexity index is 1110. The number of ether oxygens (including phenoxy) is 1. The van der Waals surface area contributed by atoms with Crippen LogP contribution in [-0.2, 0) is 9.53 Å². The zero-order valence-corrected chi connectivity index (χ0v) is 16.2. The summed E-state index contributed by atoms with van der Waals surface area (Å²) in [5, 5.41) is 13.5. The molecule has 140 valence electrons. The lowest BCUT2D eigenvalue weighted by molar-refractivity contribution is -0.113. The topological polar surface area (TPSA) is 92.1 Å². The van der Waals surface area contributed by atoms with Crippen LogP contribution in [0.3, 0.4) is 0 Å². The number of hydrogen-bond donors (Lipinski definition) is 1. The Morgan fingerprint density at radius 1 is 1.21 bits per heavy atom. The van der Waals surface area contributed by atoms with E-state index in [1.807, 2.05) is 25.1 Å². The van der Waals surface area contributed by atoms with Crippen LogP contribution in [0.1, 0.15) is 21.5 Å². The van der Waals surface area contributed by atoms with Crippen molar-refractivity contribution in [2.24, 2.45) is 0 Å². The van der Waals surface area contributed by atoms with Gasteiger partial charge in [0.05, 0.1) is 29.5 Å². The number of fused-ring (bicyclic) bond motifs is 1. The minimum Gasteiger partial charge on any atom is -0.465 e. The Balaban J connectivity index is 1.72. The lowest BCUT2D eigenvalue weighted by Crippen LogP contribution is -2.14. The first kappa shape index (κ1) is 19.4. The van der Waals surface area contributed by atoms with Gasteiger partial charge in [0.15, 0.2) is 0 Å². The van der Waals surface area contributed by atoms with Gasteiger partial charge in [0.1, 0.15) is 11.1 Å². The number of carbonyl (C=O) groups excluding carboxylic acids is 2. The first-order valence-electron chi connectivity index (χ1n) is 8.42. The van der Waals surface area contributed by atoms with Crippen molar-refractivity contribution in [1.29, 1.82) is 5.26 Å².